The molecule has 0 aliphatic carbocycles. The van der Waals surface area contributed by atoms with E-state index in [1.165, 1.54) is 166 Å². The number of unbranched alkanes of at least 4 members (excludes halogenated alkanes) is 22. The summed E-state index contributed by atoms with van der Waals surface area (Å²) >= 11 is 0. The molecule has 0 aliphatic rings. The highest BCUT2D eigenvalue weighted by Gasteiger charge is 2.02. The number of hydrogen-bond acceptors (Lipinski definition) is 2. The van der Waals surface area contributed by atoms with Crippen molar-refractivity contribution in [1.29, 1.82) is 0 Å². The van der Waals surface area contributed by atoms with Gasteiger partial charge in [-0.2, -0.15) is 0 Å². The molecule has 0 spiro atoms. The lowest BCUT2D eigenvalue weighted by Gasteiger charge is -2.09. The maximum Gasteiger partial charge on any atom is 0.0662 e. The highest BCUT2D eigenvalue weighted by molar-refractivity contribution is 5.65. The van der Waals surface area contributed by atoms with E-state index in [4.69, 9.17) is 10.2 Å². The van der Waals surface area contributed by atoms with Gasteiger partial charge in [-0.05, 0) is 36.8 Å². The van der Waals surface area contributed by atoms with Crippen LogP contribution in [-0.4, -0.2) is 23.4 Å². The number of aliphatic hydroxyl groups is 2. The van der Waals surface area contributed by atoms with Crippen LogP contribution in [0.4, 0.5) is 0 Å². The molecule has 2 nitrogen and oxygen atoms in total. The van der Waals surface area contributed by atoms with Gasteiger partial charge in [0, 0.05) is 0 Å². The first-order chi connectivity index (χ1) is 19.3. The predicted molar refractivity (Wildman–Crippen MR) is 175 cm³/mol. The van der Waals surface area contributed by atoms with Crippen molar-refractivity contribution in [3.63, 3.8) is 0 Å². The molecule has 228 valence electrons. The summed E-state index contributed by atoms with van der Waals surface area (Å²) in [4.78, 5) is 0. The molecule has 0 bridgehead atoms. The van der Waals surface area contributed by atoms with Crippen LogP contribution in [0.5, 0.6) is 0 Å². The lowest BCUT2D eigenvalue weighted by Crippen LogP contribution is -1.88. The van der Waals surface area contributed by atoms with Gasteiger partial charge in [-0.15, -0.1) is 0 Å². The fraction of sp³-hybridized carbons (Fsp3) is 0.784. The van der Waals surface area contributed by atoms with Crippen LogP contribution in [0.1, 0.15) is 180 Å². The van der Waals surface area contributed by atoms with Crippen LogP contribution in [0, 0.1) is 0 Å². The first-order valence-corrected chi connectivity index (χ1v) is 17.3. The molecule has 1 aromatic carbocycles. The van der Waals surface area contributed by atoms with Gasteiger partial charge in [-0.1, -0.05) is 185 Å². The van der Waals surface area contributed by atoms with Crippen LogP contribution in [-0.2, 0) is 0 Å². The van der Waals surface area contributed by atoms with Gasteiger partial charge in [-0.25, -0.2) is 0 Å². The first-order valence-electron chi connectivity index (χ1n) is 17.3. The maximum atomic E-state index is 7.62. The number of hydrogen-bond donors (Lipinski definition) is 2. The first kappa shape index (κ1) is 37.9. The van der Waals surface area contributed by atoms with Crippen molar-refractivity contribution in [2.45, 2.75) is 174 Å². The van der Waals surface area contributed by atoms with Gasteiger partial charge < -0.3 is 10.2 Å². The topological polar surface area (TPSA) is 40.5 Å². The highest BCUT2D eigenvalue weighted by Crippen LogP contribution is 2.23. The van der Waals surface area contributed by atoms with Gasteiger partial charge >= 0.3 is 0 Å². The summed E-state index contributed by atoms with van der Waals surface area (Å²) in [6.45, 7) is 4.36. The Hall–Kier alpha value is -1.12. The standard InChI is InChI=1S/C35H62.C2H6O2/c1-3-5-7-9-11-12-13-14-15-16-17-18-19-20-22-24-27-31-34(35-32-28-25-29-33-35)30-26-23-21-10-8-6-4-2;3-1-2-4/h25,28-29,31-33H,3-24,26-27,30H2,1-2H3;3-4H,1-2H2/b34-31-;. The maximum absolute atomic E-state index is 7.62. The molecule has 0 aliphatic heterocycles. The fourth-order valence-corrected chi connectivity index (χ4v) is 5.26. The monoisotopic (exact) mass is 545 g/mol. The van der Waals surface area contributed by atoms with E-state index >= 15 is 0 Å². The van der Waals surface area contributed by atoms with Crippen molar-refractivity contribution in [1.82, 2.24) is 0 Å². The molecule has 0 saturated heterocycles. The molecule has 0 unspecified atom stereocenters. The summed E-state index contributed by atoms with van der Waals surface area (Å²) in [6, 6.07) is 11.1. The Morgan fingerprint density at radius 3 is 1.23 bits per heavy atom. The van der Waals surface area contributed by atoms with E-state index in [1.54, 1.807) is 5.57 Å². The van der Waals surface area contributed by atoms with Crippen LogP contribution < -0.4 is 0 Å². The minimum absolute atomic E-state index is 0.125. The zero-order valence-corrected chi connectivity index (χ0v) is 26.5. The van der Waals surface area contributed by atoms with Crippen LogP contribution in [0.2, 0.25) is 0 Å². The van der Waals surface area contributed by atoms with Crippen LogP contribution in [0.15, 0.2) is 36.4 Å². The molecule has 2 heteroatoms. The molecule has 1 rings (SSSR count). The molecule has 39 heavy (non-hydrogen) atoms. The van der Waals surface area contributed by atoms with E-state index < -0.39 is 0 Å². The van der Waals surface area contributed by atoms with Crippen molar-refractivity contribution in [3.05, 3.63) is 42.0 Å². The Balaban J connectivity index is 0.00000336. The molecule has 0 heterocycles. The van der Waals surface area contributed by atoms with E-state index in [1.807, 2.05) is 0 Å². The predicted octanol–water partition coefficient (Wildman–Crippen LogP) is 11.8. The number of rotatable bonds is 27. The third kappa shape index (κ3) is 28.2. The summed E-state index contributed by atoms with van der Waals surface area (Å²) in [5, 5.41) is 15.2. The number of aliphatic hydroxyl groups excluding tert-OH is 2. The van der Waals surface area contributed by atoms with Crippen molar-refractivity contribution in [3.8, 4) is 0 Å². The quantitative estimate of drug-likeness (QED) is 0.108. The van der Waals surface area contributed by atoms with E-state index in [9.17, 15) is 0 Å². The molecule has 0 saturated carbocycles. The second-order valence-corrected chi connectivity index (χ2v) is 11.5. The summed E-state index contributed by atoms with van der Waals surface area (Å²) in [5.41, 5.74) is 3.05. The van der Waals surface area contributed by atoms with Crippen LogP contribution in [0.3, 0.4) is 0 Å². The second kappa shape index (κ2) is 33.1. The van der Waals surface area contributed by atoms with Crippen LogP contribution in [0.25, 0.3) is 5.57 Å². The number of allylic oxidation sites excluding steroid dienone is 2. The van der Waals surface area contributed by atoms with Gasteiger partial charge in [0.05, 0.1) is 13.2 Å². The average Bonchev–Trinajstić information content (AvgIpc) is 2.97. The van der Waals surface area contributed by atoms with Gasteiger partial charge in [0.15, 0.2) is 0 Å². The van der Waals surface area contributed by atoms with E-state index in [0.29, 0.717) is 0 Å². The third-order valence-electron chi connectivity index (χ3n) is 7.74. The third-order valence-corrected chi connectivity index (χ3v) is 7.74. The van der Waals surface area contributed by atoms with Gasteiger partial charge in [-0.3, -0.25) is 0 Å². The molecular weight excluding hydrogens is 476 g/mol. The molecule has 1 aromatic rings. The normalized spacial score (nSPS) is 11.4. The van der Waals surface area contributed by atoms with Gasteiger partial charge in [0.2, 0.25) is 0 Å². The smallest absolute Gasteiger partial charge is 0.0662 e. The Morgan fingerprint density at radius 2 is 0.846 bits per heavy atom. The minimum atomic E-state index is -0.125. The van der Waals surface area contributed by atoms with Crippen LogP contribution >= 0.6 is 0 Å². The Labute approximate surface area is 245 Å². The van der Waals surface area contributed by atoms with Crippen molar-refractivity contribution in [2.24, 2.45) is 0 Å². The van der Waals surface area contributed by atoms with Gasteiger partial charge in [0.25, 0.3) is 0 Å². The molecule has 0 fully saturated rings. The largest absolute Gasteiger partial charge is 0.394 e. The van der Waals surface area contributed by atoms with E-state index in [2.05, 4.69) is 50.3 Å². The average molecular weight is 545 g/mol. The SMILES string of the molecule is CCCCCCCCCCCCCCCCCC/C=C(/CCCCCCCCC)c1ccccc1.OCCO. The summed E-state index contributed by atoms with van der Waals surface area (Å²) in [5.74, 6) is 0. The molecule has 2 N–H and O–H groups in total. The fourth-order valence-electron chi connectivity index (χ4n) is 5.26. The molecule has 0 radical (unpaired) electrons. The lowest BCUT2D eigenvalue weighted by atomic mass is 9.97. The van der Waals surface area contributed by atoms with E-state index in [-0.39, 0.29) is 13.2 Å². The van der Waals surface area contributed by atoms with Crippen molar-refractivity contribution < 1.29 is 10.2 Å². The summed E-state index contributed by atoms with van der Waals surface area (Å²) in [6.07, 6.45) is 38.0. The van der Waals surface area contributed by atoms with E-state index in [0.717, 1.165) is 0 Å². The van der Waals surface area contributed by atoms with Crippen molar-refractivity contribution in [2.75, 3.05) is 13.2 Å². The summed E-state index contributed by atoms with van der Waals surface area (Å²) < 4.78 is 0. The molecular formula is C37H68O2. The molecule has 0 atom stereocenters. The Kier molecular flexibility index (Phi) is 32.1. The highest BCUT2D eigenvalue weighted by atomic mass is 16.3. The number of benzene rings is 1. The molecule has 0 amide bonds. The second-order valence-electron chi connectivity index (χ2n) is 11.5. The zero-order chi connectivity index (χ0) is 28.5. The molecule has 0 aromatic heterocycles. The minimum Gasteiger partial charge on any atom is -0.394 e. The lowest BCUT2D eigenvalue weighted by molar-refractivity contribution is 0.186. The zero-order valence-electron chi connectivity index (χ0n) is 26.5. The van der Waals surface area contributed by atoms with Crippen molar-refractivity contribution >= 4 is 5.57 Å². The van der Waals surface area contributed by atoms with Gasteiger partial charge in [0.1, 0.15) is 0 Å². The Morgan fingerprint density at radius 1 is 0.487 bits per heavy atom. The summed E-state index contributed by atoms with van der Waals surface area (Å²) in [7, 11) is 0. The Bertz CT molecular complexity index is 593.